The summed E-state index contributed by atoms with van der Waals surface area (Å²) in [5.74, 6) is 0.742. The fourth-order valence-electron chi connectivity index (χ4n) is 5.58. The molecule has 3 aliphatic carbocycles. The molecule has 0 spiro atoms. The maximum atomic E-state index is 12.2. The molecule has 0 amide bonds. The zero-order chi connectivity index (χ0) is 27.6. The molecule has 38 heavy (non-hydrogen) atoms. The van der Waals surface area contributed by atoms with Crippen molar-refractivity contribution in [2.75, 3.05) is 0 Å². The van der Waals surface area contributed by atoms with Crippen molar-refractivity contribution in [3.05, 3.63) is 38.0 Å². The lowest BCUT2D eigenvalue weighted by Crippen LogP contribution is -2.29. The number of Topliss-reactive ketones (excluding diaryl/α,β-unsaturated/α-hetero) is 2. The Bertz CT molecular complexity index is 1240. The van der Waals surface area contributed by atoms with Gasteiger partial charge in [0.15, 0.2) is 0 Å². The van der Waals surface area contributed by atoms with E-state index in [1.54, 1.807) is 13.8 Å². The lowest BCUT2D eigenvalue weighted by Gasteiger charge is -2.26. The van der Waals surface area contributed by atoms with Crippen LogP contribution in [0.15, 0.2) is 6.08 Å². The van der Waals surface area contributed by atoms with Gasteiger partial charge in [-0.1, -0.05) is 6.08 Å². The summed E-state index contributed by atoms with van der Waals surface area (Å²) in [5, 5.41) is 14.8. The molecule has 2 N–H and O–H groups in total. The number of ketones is 2. The number of halogens is 1. The molecule has 0 saturated carbocycles. The number of fused-ring (bicyclic) bond motifs is 2. The van der Waals surface area contributed by atoms with E-state index in [-0.39, 0.29) is 29.5 Å². The van der Waals surface area contributed by atoms with Crippen LogP contribution in [0.3, 0.4) is 0 Å². The highest BCUT2D eigenvalue weighted by molar-refractivity contribution is 14.1. The first kappa shape index (κ1) is 28.7. The van der Waals surface area contributed by atoms with Gasteiger partial charge in [-0.25, -0.2) is 0 Å². The van der Waals surface area contributed by atoms with Crippen LogP contribution in [-0.2, 0) is 44.8 Å². The summed E-state index contributed by atoms with van der Waals surface area (Å²) in [6.45, 7) is 9.06. The van der Waals surface area contributed by atoms with Crippen LogP contribution in [0.4, 0.5) is 0 Å². The minimum atomic E-state index is -0.435. The maximum absolute atomic E-state index is 12.2. The number of aromatic nitrogens is 4. The zero-order valence-corrected chi connectivity index (χ0v) is 25.2. The minimum Gasteiger partial charge on any atom is -0.460 e. The Morgan fingerprint density at radius 2 is 1.42 bits per heavy atom. The predicted octanol–water partition coefficient (Wildman–Crippen LogP) is 5.34. The molecular weight excluding hydrogens is 595 g/mol. The van der Waals surface area contributed by atoms with Gasteiger partial charge in [0.05, 0.1) is 11.6 Å². The highest BCUT2D eigenvalue weighted by Gasteiger charge is 2.31. The van der Waals surface area contributed by atoms with Gasteiger partial charge in [-0.2, -0.15) is 10.2 Å². The van der Waals surface area contributed by atoms with E-state index in [1.165, 1.54) is 16.7 Å². The number of nitrogens with zero attached hydrogens (tertiary/aromatic N) is 2. The van der Waals surface area contributed by atoms with Gasteiger partial charge in [0.1, 0.15) is 20.9 Å². The van der Waals surface area contributed by atoms with Crippen molar-refractivity contribution in [3.8, 4) is 0 Å². The standard InChI is InChI=1S/C20H28N2O3.C9H11IN2O/c1-12(23)15-9-10-16-17(11-15)21-22-18(16)13-5-7-14(8-6-13)19(24)25-20(2,3)4;1-5(13)6-2-3-7-8(4-6)11-12-9(7)10/h5,14-15H,6-11H2,1-4H3,(H,21,22);6H,2-4H2,1H3,(H,11,12). The van der Waals surface area contributed by atoms with Crippen LogP contribution >= 0.6 is 22.6 Å². The number of carbonyl (C=O) groups excluding carboxylic acids is 3. The Morgan fingerprint density at radius 3 is 1.97 bits per heavy atom. The summed E-state index contributed by atoms with van der Waals surface area (Å²) in [4.78, 5) is 35.0. The first-order valence-electron chi connectivity index (χ1n) is 13.6. The van der Waals surface area contributed by atoms with Gasteiger partial charge in [-0.3, -0.25) is 24.6 Å². The quantitative estimate of drug-likeness (QED) is 0.347. The van der Waals surface area contributed by atoms with Crippen LogP contribution in [0.5, 0.6) is 0 Å². The van der Waals surface area contributed by atoms with E-state index in [1.807, 2.05) is 20.8 Å². The topological polar surface area (TPSA) is 118 Å². The van der Waals surface area contributed by atoms with E-state index in [0.717, 1.165) is 72.1 Å². The Morgan fingerprint density at radius 1 is 0.868 bits per heavy atom. The highest BCUT2D eigenvalue weighted by Crippen LogP contribution is 2.36. The number of hydrogen-bond donors (Lipinski definition) is 2. The Balaban J connectivity index is 0.000000216. The van der Waals surface area contributed by atoms with Crippen molar-refractivity contribution in [2.24, 2.45) is 17.8 Å². The molecule has 0 fully saturated rings. The van der Waals surface area contributed by atoms with E-state index in [4.69, 9.17) is 4.74 Å². The molecule has 0 aromatic carbocycles. The molecule has 5 rings (SSSR count). The molecule has 206 valence electrons. The SMILES string of the molecule is CC(=O)C1CCc2c(C3=CCC(C(=O)OC(C)(C)C)CC3)n[nH]c2C1.CC(=O)C1CCc2c(I)n[nH]c2C1. The monoisotopic (exact) mass is 634 g/mol. The molecule has 9 heteroatoms. The molecule has 3 unspecified atom stereocenters. The number of carbonyl (C=O) groups is 3. The molecule has 2 heterocycles. The lowest BCUT2D eigenvalue weighted by molar-refractivity contribution is -0.160. The fraction of sp³-hybridized carbons (Fsp3) is 0.621. The second-order valence-corrected chi connectivity index (χ2v) is 12.9. The highest BCUT2D eigenvalue weighted by atomic mass is 127. The van der Waals surface area contributed by atoms with E-state index in [0.29, 0.717) is 12.2 Å². The lowest BCUT2D eigenvalue weighted by atomic mass is 9.82. The number of ether oxygens (including phenoxy) is 1. The molecule has 8 nitrogen and oxygen atoms in total. The summed E-state index contributed by atoms with van der Waals surface area (Å²) in [5.41, 5.74) is 6.68. The number of rotatable bonds is 4. The maximum Gasteiger partial charge on any atom is 0.309 e. The van der Waals surface area contributed by atoms with Gasteiger partial charge in [0.25, 0.3) is 0 Å². The predicted molar refractivity (Wildman–Crippen MR) is 153 cm³/mol. The van der Waals surface area contributed by atoms with Gasteiger partial charge in [0.2, 0.25) is 0 Å². The van der Waals surface area contributed by atoms with Gasteiger partial charge in [-0.05, 0) is 121 Å². The van der Waals surface area contributed by atoms with E-state index >= 15 is 0 Å². The van der Waals surface area contributed by atoms with E-state index in [9.17, 15) is 14.4 Å². The second kappa shape index (κ2) is 11.8. The molecule has 2 aromatic heterocycles. The average molecular weight is 635 g/mol. The van der Waals surface area contributed by atoms with Crippen LogP contribution < -0.4 is 0 Å². The van der Waals surface area contributed by atoms with Crippen LogP contribution in [0.1, 0.15) is 94.9 Å². The third-order valence-corrected chi connectivity index (χ3v) is 8.74. The summed E-state index contributed by atoms with van der Waals surface area (Å²) < 4.78 is 6.57. The molecule has 2 aromatic rings. The van der Waals surface area contributed by atoms with Crippen LogP contribution in [-0.4, -0.2) is 43.5 Å². The normalized spacial score (nSPS) is 22.8. The van der Waals surface area contributed by atoms with Gasteiger partial charge < -0.3 is 4.74 Å². The number of hydrogen-bond acceptors (Lipinski definition) is 6. The third-order valence-electron chi connectivity index (χ3n) is 7.85. The van der Waals surface area contributed by atoms with Crippen molar-refractivity contribution in [3.63, 3.8) is 0 Å². The van der Waals surface area contributed by atoms with Crippen molar-refractivity contribution in [1.82, 2.24) is 20.4 Å². The van der Waals surface area contributed by atoms with Crippen molar-refractivity contribution < 1.29 is 19.1 Å². The van der Waals surface area contributed by atoms with Gasteiger partial charge >= 0.3 is 5.97 Å². The Labute approximate surface area is 238 Å². The van der Waals surface area contributed by atoms with Gasteiger partial charge in [0, 0.05) is 34.4 Å². The first-order chi connectivity index (χ1) is 17.9. The van der Waals surface area contributed by atoms with E-state index in [2.05, 4.69) is 49.1 Å². The van der Waals surface area contributed by atoms with Crippen LogP contribution in [0.2, 0.25) is 0 Å². The summed E-state index contributed by atoms with van der Waals surface area (Å²) >= 11 is 2.24. The van der Waals surface area contributed by atoms with Crippen molar-refractivity contribution >= 4 is 45.7 Å². The number of esters is 1. The van der Waals surface area contributed by atoms with Crippen molar-refractivity contribution in [1.29, 1.82) is 0 Å². The zero-order valence-electron chi connectivity index (χ0n) is 23.1. The van der Waals surface area contributed by atoms with Crippen molar-refractivity contribution in [2.45, 2.75) is 98.0 Å². The molecule has 0 aliphatic heterocycles. The second-order valence-electron chi connectivity index (χ2n) is 11.8. The molecule has 3 aliphatic rings. The number of aromatic amines is 2. The Hall–Kier alpha value is -2.30. The summed E-state index contributed by atoms with van der Waals surface area (Å²) in [7, 11) is 0. The number of H-pyrrole nitrogens is 2. The fourth-order valence-corrected chi connectivity index (χ4v) is 6.30. The molecule has 0 radical (unpaired) electrons. The first-order valence-corrected chi connectivity index (χ1v) is 14.7. The third kappa shape index (κ3) is 6.82. The van der Waals surface area contributed by atoms with Crippen LogP contribution in [0.25, 0.3) is 5.57 Å². The summed E-state index contributed by atoms with van der Waals surface area (Å²) in [6, 6.07) is 0. The van der Waals surface area contributed by atoms with E-state index < -0.39 is 5.60 Å². The molecule has 3 atom stereocenters. The minimum absolute atomic E-state index is 0.0557. The smallest absolute Gasteiger partial charge is 0.309 e. The van der Waals surface area contributed by atoms with Gasteiger partial charge in [-0.15, -0.1) is 0 Å². The molecular formula is C29H39IN4O4. The summed E-state index contributed by atoms with van der Waals surface area (Å²) in [6.07, 6.45) is 9.91. The van der Waals surface area contributed by atoms with Crippen LogP contribution in [0, 0.1) is 21.5 Å². The largest absolute Gasteiger partial charge is 0.460 e. The molecule has 0 saturated heterocycles. The number of allylic oxidation sites excluding steroid dienone is 2. The Kier molecular flexibility index (Phi) is 8.94. The molecule has 0 bridgehead atoms. The average Bonchev–Trinajstić information content (AvgIpc) is 3.46. The number of nitrogens with one attached hydrogen (secondary N) is 2.